The van der Waals surface area contributed by atoms with Gasteiger partial charge >= 0.3 is 0 Å². The SMILES string of the molecule is Nc1c(C(O)c2ccc(F)c3c2cnn3C2CCCCO2)cc(Br)c2nccnc12. The van der Waals surface area contributed by atoms with Gasteiger partial charge in [-0.25, -0.2) is 9.07 Å². The van der Waals surface area contributed by atoms with Crippen LogP contribution >= 0.6 is 15.9 Å². The summed E-state index contributed by atoms with van der Waals surface area (Å²) in [6.07, 6.45) is 6.04. The molecule has 1 fully saturated rings. The van der Waals surface area contributed by atoms with Crippen molar-refractivity contribution >= 4 is 43.6 Å². The van der Waals surface area contributed by atoms with Gasteiger partial charge in [-0.3, -0.25) is 9.97 Å². The van der Waals surface area contributed by atoms with E-state index >= 15 is 0 Å². The van der Waals surface area contributed by atoms with Crippen LogP contribution in [0, 0.1) is 5.82 Å². The Balaban J connectivity index is 1.65. The number of rotatable bonds is 3. The molecule has 0 radical (unpaired) electrons. The van der Waals surface area contributed by atoms with Crippen LogP contribution < -0.4 is 5.73 Å². The van der Waals surface area contributed by atoms with Crippen LogP contribution in [0.2, 0.25) is 0 Å². The molecule has 154 valence electrons. The van der Waals surface area contributed by atoms with Crippen LogP contribution in [-0.2, 0) is 4.74 Å². The molecule has 2 aromatic heterocycles. The monoisotopic (exact) mass is 471 g/mol. The van der Waals surface area contributed by atoms with E-state index in [2.05, 4.69) is 31.0 Å². The highest BCUT2D eigenvalue weighted by molar-refractivity contribution is 9.10. The molecule has 5 rings (SSSR count). The largest absolute Gasteiger partial charge is 0.397 e. The molecule has 0 bridgehead atoms. The maximum Gasteiger partial charge on any atom is 0.150 e. The minimum Gasteiger partial charge on any atom is -0.397 e. The van der Waals surface area contributed by atoms with Gasteiger partial charge in [0.05, 0.1) is 11.9 Å². The number of hydrogen-bond donors (Lipinski definition) is 2. The first-order valence-electron chi connectivity index (χ1n) is 9.70. The van der Waals surface area contributed by atoms with Crippen LogP contribution in [0.3, 0.4) is 0 Å². The average Bonchev–Trinajstić information content (AvgIpc) is 3.23. The molecule has 1 aliphatic heterocycles. The second-order valence-electron chi connectivity index (χ2n) is 7.33. The minimum absolute atomic E-state index is 0.312. The summed E-state index contributed by atoms with van der Waals surface area (Å²) in [4.78, 5) is 8.58. The molecule has 1 saturated heterocycles. The van der Waals surface area contributed by atoms with Crippen molar-refractivity contribution in [3.05, 3.63) is 58.2 Å². The summed E-state index contributed by atoms with van der Waals surface area (Å²) in [5, 5.41) is 16.1. The van der Waals surface area contributed by atoms with Crippen LogP contribution in [0.1, 0.15) is 42.7 Å². The van der Waals surface area contributed by atoms with Gasteiger partial charge in [-0.05, 0) is 52.9 Å². The zero-order chi connectivity index (χ0) is 20.8. The molecular weight excluding hydrogens is 453 g/mol. The number of nitrogen functional groups attached to an aromatic ring is 1. The molecule has 0 spiro atoms. The summed E-state index contributed by atoms with van der Waals surface area (Å²) < 4.78 is 22.8. The van der Waals surface area contributed by atoms with Crippen LogP contribution in [0.25, 0.3) is 21.9 Å². The molecule has 1 aliphatic rings. The Kier molecular flexibility index (Phi) is 4.88. The molecule has 0 saturated carbocycles. The number of aliphatic hydroxyl groups is 1. The number of aliphatic hydroxyl groups excluding tert-OH is 1. The van der Waals surface area contributed by atoms with Crippen LogP contribution in [0.5, 0.6) is 0 Å². The van der Waals surface area contributed by atoms with E-state index in [0.29, 0.717) is 49.8 Å². The summed E-state index contributed by atoms with van der Waals surface area (Å²) in [5.74, 6) is -0.411. The number of aromatic nitrogens is 4. The van der Waals surface area contributed by atoms with E-state index < -0.39 is 11.9 Å². The molecule has 3 N–H and O–H groups in total. The van der Waals surface area contributed by atoms with E-state index in [1.165, 1.54) is 6.07 Å². The quantitative estimate of drug-likeness (QED) is 0.433. The van der Waals surface area contributed by atoms with Gasteiger partial charge in [-0.15, -0.1) is 0 Å². The summed E-state index contributed by atoms with van der Waals surface area (Å²) in [7, 11) is 0. The Hall–Kier alpha value is -2.62. The third kappa shape index (κ3) is 3.05. The Morgan fingerprint density at radius 2 is 2.00 bits per heavy atom. The number of ether oxygens (including phenoxy) is 1. The zero-order valence-electron chi connectivity index (χ0n) is 15.9. The molecular formula is C21H19BrFN5O2. The summed E-state index contributed by atoms with van der Waals surface area (Å²) in [5.41, 5.74) is 9.04. The normalized spacial score (nSPS) is 18.2. The van der Waals surface area contributed by atoms with Gasteiger partial charge in [0.15, 0.2) is 6.23 Å². The van der Waals surface area contributed by atoms with E-state index in [9.17, 15) is 9.50 Å². The number of fused-ring (bicyclic) bond motifs is 2. The predicted molar refractivity (Wildman–Crippen MR) is 114 cm³/mol. The first kappa shape index (κ1) is 19.3. The molecule has 30 heavy (non-hydrogen) atoms. The molecule has 2 unspecified atom stereocenters. The topological polar surface area (TPSA) is 99.1 Å². The Labute approximate surface area is 179 Å². The molecule has 0 aliphatic carbocycles. The lowest BCUT2D eigenvalue weighted by atomic mass is 9.96. The lowest BCUT2D eigenvalue weighted by Gasteiger charge is -2.23. The van der Waals surface area contributed by atoms with Crippen molar-refractivity contribution in [1.82, 2.24) is 19.7 Å². The van der Waals surface area contributed by atoms with E-state index in [1.807, 2.05) is 0 Å². The maximum atomic E-state index is 14.8. The van der Waals surface area contributed by atoms with E-state index in [4.69, 9.17) is 10.5 Å². The number of nitrogens with two attached hydrogens (primary N) is 1. The average molecular weight is 472 g/mol. The summed E-state index contributed by atoms with van der Waals surface area (Å²) in [6, 6.07) is 4.62. The van der Waals surface area contributed by atoms with Crippen LogP contribution in [-0.4, -0.2) is 31.5 Å². The molecule has 9 heteroatoms. The maximum absolute atomic E-state index is 14.8. The number of anilines is 1. The highest BCUT2D eigenvalue weighted by Crippen LogP contribution is 2.38. The van der Waals surface area contributed by atoms with Gasteiger partial charge in [0.2, 0.25) is 0 Å². The first-order chi connectivity index (χ1) is 14.6. The van der Waals surface area contributed by atoms with E-state index in [0.717, 1.165) is 19.3 Å². The van der Waals surface area contributed by atoms with Gasteiger partial charge in [0.25, 0.3) is 0 Å². The lowest BCUT2D eigenvalue weighted by Crippen LogP contribution is -2.19. The van der Waals surface area contributed by atoms with Crippen molar-refractivity contribution in [3.8, 4) is 0 Å². The second-order valence-corrected chi connectivity index (χ2v) is 8.18. The van der Waals surface area contributed by atoms with Crippen molar-refractivity contribution in [2.45, 2.75) is 31.6 Å². The standard InChI is InChI=1S/C21H19BrFN5O2/c22-14-9-12(17(24)19-18(14)25-6-7-26-19)21(29)11-4-5-15(23)20-13(11)10-27-28(20)16-3-1-2-8-30-16/h4-7,9-10,16,21,29H,1-3,8,24H2. The Morgan fingerprint density at radius 1 is 1.20 bits per heavy atom. The highest BCUT2D eigenvalue weighted by atomic mass is 79.9. The Bertz CT molecular complexity index is 1260. The molecule has 0 amide bonds. The van der Waals surface area contributed by atoms with Gasteiger partial charge in [0.1, 0.15) is 28.5 Å². The molecule has 2 atom stereocenters. The number of halogens is 2. The van der Waals surface area contributed by atoms with Crippen molar-refractivity contribution in [1.29, 1.82) is 0 Å². The van der Waals surface area contributed by atoms with Crippen molar-refractivity contribution in [2.75, 3.05) is 12.3 Å². The van der Waals surface area contributed by atoms with Crippen molar-refractivity contribution in [3.63, 3.8) is 0 Å². The van der Waals surface area contributed by atoms with Crippen molar-refractivity contribution in [2.24, 2.45) is 0 Å². The second kappa shape index (κ2) is 7.57. The van der Waals surface area contributed by atoms with Gasteiger partial charge < -0.3 is 15.6 Å². The molecule has 4 aromatic rings. The van der Waals surface area contributed by atoms with Gasteiger partial charge in [-0.2, -0.15) is 5.10 Å². The summed E-state index contributed by atoms with van der Waals surface area (Å²) in [6.45, 7) is 0.624. The molecule has 2 aromatic carbocycles. The highest BCUT2D eigenvalue weighted by Gasteiger charge is 2.25. The van der Waals surface area contributed by atoms with E-state index in [-0.39, 0.29) is 6.23 Å². The number of nitrogens with zero attached hydrogens (tertiary/aromatic N) is 4. The van der Waals surface area contributed by atoms with E-state index in [1.54, 1.807) is 35.4 Å². The lowest BCUT2D eigenvalue weighted by molar-refractivity contribution is -0.0369. The molecule has 7 nitrogen and oxygen atoms in total. The third-order valence-electron chi connectivity index (χ3n) is 5.53. The first-order valence-corrected chi connectivity index (χ1v) is 10.5. The fraction of sp³-hybridized carbons (Fsp3) is 0.286. The Morgan fingerprint density at radius 3 is 2.77 bits per heavy atom. The number of benzene rings is 2. The van der Waals surface area contributed by atoms with Gasteiger partial charge in [0, 0.05) is 34.4 Å². The van der Waals surface area contributed by atoms with Crippen LogP contribution in [0.4, 0.5) is 10.1 Å². The fourth-order valence-electron chi connectivity index (χ4n) is 4.04. The smallest absolute Gasteiger partial charge is 0.150 e. The minimum atomic E-state index is -1.10. The predicted octanol–water partition coefficient (Wildman–Crippen LogP) is 4.24. The third-order valence-corrected chi connectivity index (χ3v) is 6.14. The van der Waals surface area contributed by atoms with Crippen molar-refractivity contribution < 1.29 is 14.2 Å². The van der Waals surface area contributed by atoms with Crippen LogP contribution in [0.15, 0.2) is 41.3 Å². The zero-order valence-corrected chi connectivity index (χ0v) is 17.5. The number of hydrogen-bond acceptors (Lipinski definition) is 6. The summed E-state index contributed by atoms with van der Waals surface area (Å²) >= 11 is 3.48. The molecule has 3 heterocycles. The fourth-order valence-corrected chi connectivity index (χ4v) is 4.58. The van der Waals surface area contributed by atoms with Gasteiger partial charge in [-0.1, -0.05) is 6.07 Å².